The summed E-state index contributed by atoms with van der Waals surface area (Å²) in [6.45, 7) is 1.37. The molecule has 0 saturated heterocycles. The lowest BCUT2D eigenvalue weighted by atomic mass is 10.1. The molecule has 0 aliphatic heterocycles. The van der Waals surface area contributed by atoms with Gasteiger partial charge in [0.2, 0.25) is 5.91 Å². The van der Waals surface area contributed by atoms with Crippen LogP contribution in [0.15, 0.2) is 53.4 Å². The van der Waals surface area contributed by atoms with Gasteiger partial charge in [-0.3, -0.25) is 9.59 Å². The van der Waals surface area contributed by atoms with Crippen LogP contribution in [0.25, 0.3) is 0 Å². The van der Waals surface area contributed by atoms with E-state index in [2.05, 4.69) is 10.6 Å². The Morgan fingerprint density at radius 2 is 1.82 bits per heavy atom. The van der Waals surface area contributed by atoms with E-state index in [0.29, 0.717) is 17.8 Å². The van der Waals surface area contributed by atoms with Crippen molar-refractivity contribution < 1.29 is 19.1 Å². The van der Waals surface area contributed by atoms with Crippen molar-refractivity contribution in [3.63, 3.8) is 0 Å². The van der Waals surface area contributed by atoms with E-state index in [1.54, 1.807) is 42.5 Å². The number of para-hydroxylation sites is 1. The number of hydrogen-bond donors (Lipinski definition) is 2. The van der Waals surface area contributed by atoms with Gasteiger partial charge in [0.15, 0.2) is 6.61 Å². The first kappa shape index (κ1) is 21.0. The zero-order valence-corrected chi connectivity index (χ0v) is 16.0. The van der Waals surface area contributed by atoms with E-state index in [1.165, 1.54) is 18.7 Å². The van der Waals surface area contributed by atoms with Gasteiger partial charge in [0.25, 0.3) is 5.91 Å². The molecule has 8 heteroatoms. The number of hydrogen-bond acceptors (Lipinski definition) is 6. The number of ether oxygens (including phenoxy) is 1. The highest BCUT2D eigenvalue weighted by Gasteiger charge is 2.12. The fraction of sp³-hybridized carbons (Fsp3) is 0.200. The standard InChI is InChI=1S/C20H19N3O4S/c1-14(24)22-12-15-6-8-16(9-7-15)20(26)27-13-19(25)23-17-4-2-3-5-18(17)28-11-10-21/h2-9H,11-13H2,1H3,(H,22,24)(H,23,25). The monoisotopic (exact) mass is 397 g/mol. The summed E-state index contributed by atoms with van der Waals surface area (Å²) < 4.78 is 5.04. The SMILES string of the molecule is CC(=O)NCc1ccc(C(=O)OCC(=O)Nc2ccccc2SCC#N)cc1. The van der Waals surface area contributed by atoms with Gasteiger partial charge in [-0.25, -0.2) is 4.79 Å². The maximum atomic E-state index is 12.1. The molecule has 0 fully saturated rings. The largest absolute Gasteiger partial charge is 0.452 e. The van der Waals surface area contributed by atoms with Crippen molar-refractivity contribution in [3.8, 4) is 6.07 Å². The Labute approximate surface area is 167 Å². The van der Waals surface area contributed by atoms with Crippen LogP contribution < -0.4 is 10.6 Å². The van der Waals surface area contributed by atoms with E-state index in [1.807, 2.05) is 12.1 Å². The normalized spacial score (nSPS) is 9.86. The summed E-state index contributed by atoms with van der Waals surface area (Å²) in [6, 6.07) is 15.7. The van der Waals surface area contributed by atoms with Gasteiger partial charge in [0, 0.05) is 18.4 Å². The molecular weight excluding hydrogens is 378 g/mol. The molecule has 2 N–H and O–H groups in total. The number of carbonyl (C=O) groups is 3. The fourth-order valence-electron chi connectivity index (χ4n) is 2.19. The second-order valence-corrected chi connectivity index (χ2v) is 6.69. The molecule has 0 spiro atoms. The number of amides is 2. The van der Waals surface area contributed by atoms with Crippen LogP contribution in [0.2, 0.25) is 0 Å². The second-order valence-electron chi connectivity index (χ2n) is 5.67. The van der Waals surface area contributed by atoms with E-state index in [0.717, 1.165) is 10.5 Å². The molecule has 28 heavy (non-hydrogen) atoms. The molecule has 0 saturated carbocycles. The minimum atomic E-state index is -0.617. The number of carbonyl (C=O) groups excluding carboxylic acids is 3. The maximum absolute atomic E-state index is 12.1. The van der Waals surface area contributed by atoms with Gasteiger partial charge in [0.05, 0.1) is 23.1 Å². The Balaban J connectivity index is 1.86. The van der Waals surface area contributed by atoms with Gasteiger partial charge in [0.1, 0.15) is 0 Å². The lowest BCUT2D eigenvalue weighted by molar-refractivity contribution is -0.119. The number of rotatable bonds is 8. The Hall–Kier alpha value is -3.31. The number of benzene rings is 2. The van der Waals surface area contributed by atoms with Gasteiger partial charge >= 0.3 is 5.97 Å². The highest BCUT2D eigenvalue weighted by molar-refractivity contribution is 7.99. The summed E-state index contributed by atoms with van der Waals surface area (Å²) in [5.41, 5.74) is 1.71. The average molecular weight is 397 g/mol. The van der Waals surface area contributed by atoms with Crippen LogP contribution in [-0.2, 0) is 20.9 Å². The molecule has 0 atom stereocenters. The van der Waals surface area contributed by atoms with Crippen LogP contribution in [0.3, 0.4) is 0 Å². The Morgan fingerprint density at radius 3 is 2.50 bits per heavy atom. The molecule has 0 unspecified atom stereocenters. The molecule has 7 nitrogen and oxygen atoms in total. The first-order valence-electron chi connectivity index (χ1n) is 8.38. The smallest absolute Gasteiger partial charge is 0.338 e. The van der Waals surface area contributed by atoms with Crippen LogP contribution >= 0.6 is 11.8 Å². The van der Waals surface area contributed by atoms with Crippen LogP contribution in [0, 0.1) is 11.3 Å². The average Bonchev–Trinajstić information content (AvgIpc) is 2.70. The summed E-state index contributed by atoms with van der Waals surface area (Å²) >= 11 is 1.31. The minimum Gasteiger partial charge on any atom is -0.452 e. The summed E-state index contributed by atoms with van der Waals surface area (Å²) in [4.78, 5) is 35.8. The quantitative estimate of drug-likeness (QED) is 0.524. The topological polar surface area (TPSA) is 108 Å². The van der Waals surface area contributed by atoms with Gasteiger partial charge < -0.3 is 15.4 Å². The van der Waals surface area contributed by atoms with Crippen molar-refractivity contribution in [1.29, 1.82) is 5.26 Å². The van der Waals surface area contributed by atoms with E-state index in [4.69, 9.17) is 10.00 Å². The van der Waals surface area contributed by atoms with Crippen LogP contribution in [0.4, 0.5) is 5.69 Å². The first-order valence-corrected chi connectivity index (χ1v) is 9.37. The molecule has 2 aromatic rings. The highest BCUT2D eigenvalue weighted by Crippen LogP contribution is 2.26. The Bertz CT molecular complexity index is 891. The lowest BCUT2D eigenvalue weighted by Gasteiger charge is -2.10. The molecule has 0 aromatic heterocycles. The van der Waals surface area contributed by atoms with E-state index < -0.39 is 18.5 Å². The number of anilines is 1. The van der Waals surface area contributed by atoms with Crippen molar-refractivity contribution >= 4 is 35.2 Å². The van der Waals surface area contributed by atoms with E-state index >= 15 is 0 Å². The fourth-order valence-corrected chi connectivity index (χ4v) is 2.86. The molecule has 0 heterocycles. The second kappa shape index (κ2) is 10.7. The maximum Gasteiger partial charge on any atom is 0.338 e. The van der Waals surface area contributed by atoms with Crippen LogP contribution in [0.5, 0.6) is 0 Å². The molecule has 0 aliphatic rings. The van der Waals surface area contributed by atoms with E-state index in [9.17, 15) is 14.4 Å². The predicted molar refractivity (Wildman–Crippen MR) is 106 cm³/mol. The van der Waals surface area contributed by atoms with Crippen LogP contribution in [0.1, 0.15) is 22.8 Å². The van der Waals surface area contributed by atoms with Crippen molar-refractivity contribution in [1.82, 2.24) is 5.32 Å². The van der Waals surface area contributed by atoms with Gasteiger partial charge in [-0.05, 0) is 29.8 Å². The third kappa shape index (κ3) is 6.78. The third-order valence-corrected chi connectivity index (χ3v) is 4.46. The predicted octanol–water partition coefficient (Wildman–Crippen LogP) is 2.73. The molecule has 0 bridgehead atoms. The Morgan fingerprint density at radius 1 is 1.11 bits per heavy atom. The molecule has 2 aromatic carbocycles. The van der Waals surface area contributed by atoms with Crippen molar-refractivity contribution in [3.05, 3.63) is 59.7 Å². The minimum absolute atomic E-state index is 0.137. The molecule has 0 aliphatic carbocycles. The highest BCUT2D eigenvalue weighted by atomic mass is 32.2. The van der Waals surface area contributed by atoms with Gasteiger partial charge in [-0.1, -0.05) is 24.3 Å². The number of esters is 1. The number of nitriles is 1. The number of nitrogens with one attached hydrogen (secondary N) is 2. The van der Waals surface area contributed by atoms with Crippen LogP contribution in [-0.4, -0.2) is 30.1 Å². The summed E-state index contributed by atoms with van der Waals surface area (Å²) in [6.07, 6.45) is 0. The third-order valence-electron chi connectivity index (χ3n) is 3.52. The van der Waals surface area contributed by atoms with Crippen molar-refractivity contribution in [2.75, 3.05) is 17.7 Å². The lowest BCUT2D eigenvalue weighted by Crippen LogP contribution is -2.21. The van der Waals surface area contributed by atoms with E-state index in [-0.39, 0.29) is 11.7 Å². The van der Waals surface area contributed by atoms with Crippen molar-refractivity contribution in [2.45, 2.75) is 18.4 Å². The molecule has 2 rings (SSSR count). The molecular formula is C20H19N3O4S. The van der Waals surface area contributed by atoms with Crippen molar-refractivity contribution in [2.24, 2.45) is 0 Å². The first-order chi connectivity index (χ1) is 13.5. The number of nitrogens with zero attached hydrogens (tertiary/aromatic N) is 1. The molecule has 2 amide bonds. The zero-order valence-electron chi connectivity index (χ0n) is 15.2. The Kier molecular flexibility index (Phi) is 8.06. The zero-order chi connectivity index (χ0) is 20.4. The summed E-state index contributed by atoms with van der Waals surface area (Å²) in [5, 5.41) is 14.0. The molecule has 0 radical (unpaired) electrons. The summed E-state index contributed by atoms with van der Waals surface area (Å²) in [5.74, 6) is -0.962. The number of thioether (sulfide) groups is 1. The summed E-state index contributed by atoms with van der Waals surface area (Å²) in [7, 11) is 0. The molecule has 144 valence electrons. The van der Waals surface area contributed by atoms with Gasteiger partial charge in [-0.2, -0.15) is 5.26 Å². The van der Waals surface area contributed by atoms with Gasteiger partial charge in [-0.15, -0.1) is 11.8 Å².